The number of hydrogen-bond acceptors (Lipinski definition) is 1. The first-order chi connectivity index (χ1) is 8.66. The van der Waals surface area contributed by atoms with Crippen molar-refractivity contribution in [1.82, 2.24) is 9.55 Å². The number of benzene rings is 2. The Kier molecular flexibility index (Phi) is 2.84. The molecule has 0 aliphatic rings. The summed E-state index contributed by atoms with van der Waals surface area (Å²) >= 11 is 8.92. The number of aromatic nitrogens is 2. The van der Waals surface area contributed by atoms with Gasteiger partial charge in [0.25, 0.3) is 0 Å². The Morgan fingerprint density at radius 1 is 1.17 bits per heavy atom. The quantitative estimate of drug-likeness (QED) is 0.641. The highest BCUT2D eigenvalue weighted by atomic mass is 79.9. The van der Waals surface area contributed by atoms with E-state index in [0.29, 0.717) is 0 Å². The fourth-order valence-corrected chi connectivity index (χ4v) is 2.84. The second-order valence-electron chi connectivity index (χ2n) is 4.21. The van der Waals surface area contributed by atoms with E-state index in [2.05, 4.69) is 62.7 Å². The van der Waals surface area contributed by atoms with Crippen LogP contribution in [0.4, 0.5) is 0 Å². The van der Waals surface area contributed by atoms with Crippen LogP contribution in [0.15, 0.2) is 46.9 Å². The summed E-state index contributed by atoms with van der Waals surface area (Å²) in [6.45, 7) is 2.08. The molecule has 90 valence electrons. The van der Waals surface area contributed by atoms with Gasteiger partial charge in [-0.25, -0.2) is 0 Å². The second-order valence-corrected chi connectivity index (χ2v) is 5.52. The van der Waals surface area contributed by atoms with Crippen molar-refractivity contribution in [2.45, 2.75) is 6.92 Å². The van der Waals surface area contributed by atoms with Gasteiger partial charge in [0.05, 0.1) is 11.0 Å². The summed E-state index contributed by atoms with van der Waals surface area (Å²) in [5, 5.41) is 0. The van der Waals surface area contributed by atoms with Gasteiger partial charge < -0.3 is 4.98 Å². The molecule has 1 aromatic heterocycles. The van der Waals surface area contributed by atoms with E-state index in [1.165, 1.54) is 5.56 Å². The lowest BCUT2D eigenvalue weighted by Gasteiger charge is -2.05. The van der Waals surface area contributed by atoms with Gasteiger partial charge in [-0.1, -0.05) is 34.1 Å². The Bertz CT molecular complexity index is 786. The number of aromatic amines is 1. The zero-order chi connectivity index (χ0) is 12.7. The molecule has 18 heavy (non-hydrogen) atoms. The van der Waals surface area contributed by atoms with Crippen LogP contribution in [0.1, 0.15) is 5.56 Å². The molecule has 0 aliphatic carbocycles. The van der Waals surface area contributed by atoms with Crippen LogP contribution in [0.3, 0.4) is 0 Å². The smallest absolute Gasteiger partial charge is 0.182 e. The maximum absolute atomic E-state index is 5.43. The molecule has 4 heteroatoms. The van der Waals surface area contributed by atoms with Crippen molar-refractivity contribution in [3.63, 3.8) is 0 Å². The highest BCUT2D eigenvalue weighted by molar-refractivity contribution is 9.10. The van der Waals surface area contributed by atoms with Crippen molar-refractivity contribution in [3.05, 3.63) is 57.3 Å². The predicted octanol–water partition coefficient (Wildman–Crippen LogP) is 4.76. The average molecular weight is 319 g/mol. The molecule has 1 heterocycles. The van der Waals surface area contributed by atoms with Crippen LogP contribution in [-0.2, 0) is 0 Å². The molecule has 0 saturated heterocycles. The second kappa shape index (κ2) is 4.37. The standard InChI is InChI=1S/C14H11BrN2S/c1-9-4-2-7-12-13(9)16-14(18)17(12)11-6-3-5-10(15)8-11/h2-8H,1H3,(H,16,18). The number of imidazole rings is 1. The Morgan fingerprint density at radius 2 is 1.94 bits per heavy atom. The van der Waals surface area contributed by atoms with Crippen LogP contribution in [0.25, 0.3) is 16.7 Å². The molecule has 3 rings (SSSR count). The molecule has 0 fully saturated rings. The minimum atomic E-state index is 0.720. The minimum absolute atomic E-state index is 0.720. The molecular weight excluding hydrogens is 308 g/mol. The summed E-state index contributed by atoms with van der Waals surface area (Å²) in [4.78, 5) is 3.28. The summed E-state index contributed by atoms with van der Waals surface area (Å²) in [7, 11) is 0. The van der Waals surface area contributed by atoms with Crippen LogP contribution in [-0.4, -0.2) is 9.55 Å². The van der Waals surface area contributed by atoms with E-state index in [0.717, 1.165) is 26.0 Å². The van der Waals surface area contributed by atoms with Gasteiger partial charge in [-0.15, -0.1) is 0 Å². The maximum atomic E-state index is 5.43. The molecule has 0 radical (unpaired) electrons. The van der Waals surface area contributed by atoms with Gasteiger partial charge in [0.15, 0.2) is 4.77 Å². The first-order valence-corrected chi connectivity index (χ1v) is 6.83. The van der Waals surface area contributed by atoms with Crippen LogP contribution < -0.4 is 0 Å². The largest absolute Gasteiger partial charge is 0.330 e. The molecule has 2 aromatic carbocycles. The van der Waals surface area contributed by atoms with Crippen LogP contribution in [0, 0.1) is 11.7 Å². The van der Waals surface area contributed by atoms with Crippen LogP contribution in [0.2, 0.25) is 0 Å². The molecule has 0 amide bonds. The van der Waals surface area contributed by atoms with Crippen molar-refractivity contribution in [1.29, 1.82) is 0 Å². The van der Waals surface area contributed by atoms with Crippen molar-refractivity contribution < 1.29 is 0 Å². The third-order valence-corrected chi connectivity index (χ3v) is 3.77. The van der Waals surface area contributed by atoms with E-state index in [1.54, 1.807) is 0 Å². The molecule has 0 aliphatic heterocycles. The van der Waals surface area contributed by atoms with E-state index in [1.807, 2.05) is 12.1 Å². The fourth-order valence-electron chi connectivity index (χ4n) is 2.15. The average Bonchev–Trinajstić information content (AvgIpc) is 2.67. The topological polar surface area (TPSA) is 20.7 Å². The summed E-state index contributed by atoms with van der Waals surface area (Å²) in [6.07, 6.45) is 0. The zero-order valence-electron chi connectivity index (χ0n) is 9.77. The van der Waals surface area contributed by atoms with E-state index in [9.17, 15) is 0 Å². The van der Waals surface area contributed by atoms with Crippen LogP contribution in [0.5, 0.6) is 0 Å². The number of rotatable bonds is 1. The number of aryl methyl sites for hydroxylation is 1. The number of nitrogens with zero attached hydrogens (tertiary/aromatic N) is 1. The number of hydrogen-bond donors (Lipinski definition) is 1. The number of para-hydroxylation sites is 1. The van der Waals surface area contributed by atoms with Gasteiger partial charge in [0.2, 0.25) is 0 Å². The van der Waals surface area contributed by atoms with Crippen molar-refractivity contribution in [2.75, 3.05) is 0 Å². The molecule has 2 nitrogen and oxygen atoms in total. The predicted molar refractivity (Wildman–Crippen MR) is 80.9 cm³/mol. The Morgan fingerprint density at radius 3 is 2.72 bits per heavy atom. The van der Waals surface area contributed by atoms with Gasteiger partial charge in [0.1, 0.15) is 0 Å². The normalized spacial score (nSPS) is 11.0. The highest BCUT2D eigenvalue weighted by Crippen LogP contribution is 2.23. The van der Waals surface area contributed by atoms with Gasteiger partial charge in [-0.2, -0.15) is 0 Å². The van der Waals surface area contributed by atoms with Gasteiger partial charge >= 0.3 is 0 Å². The summed E-state index contributed by atoms with van der Waals surface area (Å²) in [5.41, 5.74) is 4.47. The lowest BCUT2D eigenvalue weighted by Crippen LogP contribution is -1.93. The maximum Gasteiger partial charge on any atom is 0.182 e. The zero-order valence-corrected chi connectivity index (χ0v) is 12.2. The fraction of sp³-hybridized carbons (Fsp3) is 0.0714. The molecule has 3 aromatic rings. The lowest BCUT2D eigenvalue weighted by atomic mass is 10.2. The van der Waals surface area contributed by atoms with Gasteiger partial charge in [-0.3, -0.25) is 4.57 Å². The monoisotopic (exact) mass is 318 g/mol. The third kappa shape index (κ3) is 1.82. The summed E-state index contributed by atoms with van der Waals surface area (Å²) in [6, 6.07) is 14.3. The van der Waals surface area contributed by atoms with E-state index >= 15 is 0 Å². The molecular formula is C14H11BrN2S. The number of fused-ring (bicyclic) bond motifs is 1. The summed E-state index contributed by atoms with van der Waals surface area (Å²) < 4.78 is 3.82. The molecule has 0 atom stereocenters. The van der Waals surface area contributed by atoms with E-state index in [-0.39, 0.29) is 0 Å². The molecule has 0 saturated carbocycles. The lowest BCUT2D eigenvalue weighted by molar-refractivity contribution is 1.06. The number of H-pyrrole nitrogens is 1. The van der Waals surface area contributed by atoms with Gasteiger partial charge in [0, 0.05) is 10.2 Å². The van der Waals surface area contributed by atoms with E-state index < -0.39 is 0 Å². The Balaban J connectivity index is 2.39. The first kappa shape index (κ1) is 11.7. The van der Waals surface area contributed by atoms with Gasteiger partial charge in [-0.05, 0) is 49.0 Å². The Labute approximate surface area is 118 Å². The van der Waals surface area contributed by atoms with Crippen LogP contribution >= 0.6 is 28.1 Å². The SMILES string of the molecule is Cc1cccc2c1[nH]c(=S)n2-c1cccc(Br)c1. The van der Waals surface area contributed by atoms with E-state index in [4.69, 9.17) is 12.2 Å². The molecule has 0 spiro atoms. The molecule has 0 unspecified atom stereocenters. The number of nitrogens with one attached hydrogen (secondary N) is 1. The Hall–Kier alpha value is -1.39. The molecule has 1 N–H and O–H groups in total. The third-order valence-electron chi connectivity index (χ3n) is 2.99. The highest BCUT2D eigenvalue weighted by Gasteiger charge is 2.07. The molecule has 0 bridgehead atoms. The van der Waals surface area contributed by atoms with Crippen molar-refractivity contribution in [2.24, 2.45) is 0 Å². The minimum Gasteiger partial charge on any atom is -0.330 e. The number of halogens is 1. The van der Waals surface area contributed by atoms with Crippen molar-refractivity contribution >= 4 is 39.2 Å². The van der Waals surface area contributed by atoms with Crippen molar-refractivity contribution in [3.8, 4) is 5.69 Å². The first-order valence-electron chi connectivity index (χ1n) is 5.63. The summed E-state index contributed by atoms with van der Waals surface area (Å²) in [5.74, 6) is 0.